The van der Waals surface area contributed by atoms with Crippen molar-refractivity contribution in [3.05, 3.63) is 60.3 Å². The molecule has 3 rings (SSSR count). The average Bonchev–Trinajstić information content (AvgIpc) is 2.83. The molecule has 1 unspecified atom stereocenters. The third kappa shape index (κ3) is 6.68. The first-order valence-electron chi connectivity index (χ1n) is 11.2. The number of aliphatic imine (C=N–C) groups is 1. The minimum absolute atomic E-state index is 0.130. The minimum Gasteiger partial charge on any atom is -0.384 e. The number of piperazine rings is 1. The van der Waals surface area contributed by atoms with Gasteiger partial charge in [-0.2, -0.15) is 0 Å². The predicted molar refractivity (Wildman–Crippen MR) is 128 cm³/mol. The number of anilines is 1. The van der Waals surface area contributed by atoms with E-state index in [1.165, 1.54) is 0 Å². The second-order valence-corrected chi connectivity index (χ2v) is 8.07. The van der Waals surface area contributed by atoms with Crippen LogP contribution < -0.4 is 15.5 Å². The van der Waals surface area contributed by atoms with Gasteiger partial charge in [-0.15, -0.1) is 0 Å². The fraction of sp³-hybridized carbons (Fsp3) is 0.458. The molecule has 1 aromatic heterocycles. The Morgan fingerprint density at radius 1 is 1.09 bits per heavy atom. The lowest BCUT2D eigenvalue weighted by molar-refractivity contribution is -0.131. The average molecular weight is 439 g/mol. The topological polar surface area (TPSA) is 93.1 Å². The lowest BCUT2D eigenvalue weighted by Gasteiger charge is -2.35. The molecule has 8 nitrogen and oxygen atoms in total. The molecule has 1 aromatic carbocycles. The van der Waals surface area contributed by atoms with Gasteiger partial charge in [-0.25, -0.2) is 9.98 Å². The Morgan fingerprint density at radius 3 is 2.47 bits per heavy atom. The maximum absolute atomic E-state index is 12.6. The number of rotatable bonds is 8. The molecule has 1 atom stereocenters. The van der Waals surface area contributed by atoms with Crippen LogP contribution in [0.2, 0.25) is 0 Å². The fourth-order valence-corrected chi connectivity index (χ4v) is 3.63. The van der Waals surface area contributed by atoms with E-state index >= 15 is 0 Å². The van der Waals surface area contributed by atoms with Crippen molar-refractivity contribution in [1.29, 1.82) is 0 Å². The summed E-state index contributed by atoms with van der Waals surface area (Å²) in [7, 11) is 0. The molecule has 3 N–H and O–H groups in total. The smallest absolute Gasteiger partial charge is 0.224 e. The highest BCUT2D eigenvalue weighted by Crippen LogP contribution is 2.20. The summed E-state index contributed by atoms with van der Waals surface area (Å²) in [5.74, 6) is 1.68. The van der Waals surface area contributed by atoms with Crippen molar-refractivity contribution in [1.82, 2.24) is 20.5 Å². The van der Waals surface area contributed by atoms with Gasteiger partial charge in [-0.1, -0.05) is 36.4 Å². The first-order chi connectivity index (χ1) is 15.5. The van der Waals surface area contributed by atoms with Crippen molar-refractivity contribution in [2.45, 2.75) is 25.9 Å². The van der Waals surface area contributed by atoms with Gasteiger partial charge < -0.3 is 25.5 Å². The monoisotopic (exact) mass is 438 g/mol. The highest BCUT2D eigenvalue weighted by atomic mass is 16.3. The summed E-state index contributed by atoms with van der Waals surface area (Å²) in [4.78, 5) is 25.7. The van der Waals surface area contributed by atoms with Gasteiger partial charge in [0.05, 0.1) is 6.54 Å². The van der Waals surface area contributed by atoms with Crippen molar-refractivity contribution < 1.29 is 9.90 Å². The van der Waals surface area contributed by atoms with E-state index in [4.69, 9.17) is 0 Å². The normalized spacial score (nSPS) is 16.4. The predicted octanol–water partition coefficient (Wildman–Crippen LogP) is 1.58. The minimum atomic E-state index is -1.06. The first kappa shape index (κ1) is 23.5. The van der Waals surface area contributed by atoms with Crippen molar-refractivity contribution in [2.24, 2.45) is 4.99 Å². The van der Waals surface area contributed by atoms with E-state index in [0.29, 0.717) is 38.6 Å². The molecule has 0 radical (unpaired) electrons. The largest absolute Gasteiger partial charge is 0.384 e. The van der Waals surface area contributed by atoms with E-state index in [1.807, 2.05) is 60.4 Å². The van der Waals surface area contributed by atoms with Gasteiger partial charge >= 0.3 is 0 Å². The number of carbonyl (C=O) groups is 1. The van der Waals surface area contributed by atoms with Crippen LogP contribution in [0.5, 0.6) is 0 Å². The Kier molecular flexibility index (Phi) is 8.44. The molecule has 8 heteroatoms. The molecule has 1 aliphatic rings. The standard InChI is InChI=1S/C24H34N6O2/c1-3-25-23(28-19-24(2,32)20-9-5-4-6-10-20)27-14-12-22(31)30-17-15-29(16-18-30)21-11-7-8-13-26-21/h4-11,13,32H,3,12,14-19H2,1-2H3,(H2,25,27,28). The SMILES string of the molecule is CCNC(=NCC(C)(O)c1ccccc1)NCCC(=O)N1CCN(c2ccccn2)CC1. The maximum atomic E-state index is 12.6. The fourth-order valence-electron chi connectivity index (χ4n) is 3.63. The molecule has 172 valence electrons. The van der Waals surface area contributed by atoms with Crippen LogP contribution in [0.15, 0.2) is 59.7 Å². The molecule has 1 amide bonds. The van der Waals surface area contributed by atoms with Crippen LogP contribution in [0, 0.1) is 0 Å². The molecule has 2 heterocycles. The third-order valence-electron chi connectivity index (χ3n) is 5.52. The molecular weight excluding hydrogens is 404 g/mol. The van der Waals surface area contributed by atoms with Gasteiger partial charge in [0, 0.05) is 51.9 Å². The van der Waals surface area contributed by atoms with E-state index in [-0.39, 0.29) is 12.5 Å². The van der Waals surface area contributed by atoms with E-state index in [2.05, 4.69) is 25.5 Å². The third-order valence-corrected chi connectivity index (χ3v) is 5.52. The zero-order chi connectivity index (χ0) is 22.8. The van der Waals surface area contributed by atoms with Crippen molar-refractivity contribution in [3.63, 3.8) is 0 Å². The highest BCUT2D eigenvalue weighted by Gasteiger charge is 2.23. The zero-order valence-electron chi connectivity index (χ0n) is 19.0. The highest BCUT2D eigenvalue weighted by molar-refractivity contribution is 5.81. The van der Waals surface area contributed by atoms with E-state index in [1.54, 1.807) is 13.1 Å². The summed E-state index contributed by atoms with van der Waals surface area (Å²) in [6, 6.07) is 15.4. The van der Waals surface area contributed by atoms with Gasteiger partial charge in [0.25, 0.3) is 0 Å². The lowest BCUT2D eigenvalue weighted by Crippen LogP contribution is -2.49. The second-order valence-electron chi connectivity index (χ2n) is 8.07. The number of nitrogens with zero attached hydrogens (tertiary/aromatic N) is 4. The summed E-state index contributed by atoms with van der Waals surface area (Å²) < 4.78 is 0. The molecule has 2 aromatic rings. The van der Waals surface area contributed by atoms with Crippen LogP contribution in [0.3, 0.4) is 0 Å². The van der Waals surface area contributed by atoms with E-state index < -0.39 is 5.60 Å². The Morgan fingerprint density at radius 2 is 1.81 bits per heavy atom. The summed E-state index contributed by atoms with van der Waals surface area (Å²) in [5, 5.41) is 17.1. The number of carbonyl (C=O) groups excluding carboxylic acids is 1. The summed E-state index contributed by atoms with van der Waals surface area (Å²) in [5.41, 5.74) is -0.244. The maximum Gasteiger partial charge on any atom is 0.224 e. The molecule has 32 heavy (non-hydrogen) atoms. The van der Waals surface area contributed by atoms with Crippen LogP contribution in [0.25, 0.3) is 0 Å². The summed E-state index contributed by atoms with van der Waals surface area (Å²) >= 11 is 0. The Balaban J connectivity index is 1.45. The van der Waals surface area contributed by atoms with E-state index in [0.717, 1.165) is 24.5 Å². The number of aromatic nitrogens is 1. The summed E-state index contributed by atoms with van der Waals surface area (Å²) in [6.45, 7) is 8.11. The lowest BCUT2D eigenvalue weighted by atomic mass is 9.96. The molecule has 0 spiro atoms. The molecule has 1 aliphatic heterocycles. The number of pyridine rings is 1. The van der Waals surface area contributed by atoms with E-state index in [9.17, 15) is 9.90 Å². The van der Waals surface area contributed by atoms with Crippen LogP contribution in [-0.4, -0.2) is 72.7 Å². The quantitative estimate of drug-likeness (QED) is 0.428. The van der Waals surface area contributed by atoms with Gasteiger partial charge in [-0.05, 0) is 31.5 Å². The van der Waals surface area contributed by atoms with Gasteiger partial charge in [0.15, 0.2) is 5.96 Å². The van der Waals surface area contributed by atoms with Crippen LogP contribution in [0.1, 0.15) is 25.8 Å². The second kappa shape index (κ2) is 11.5. The number of aliphatic hydroxyl groups is 1. The van der Waals surface area contributed by atoms with Crippen molar-refractivity contribution in [2.75, 3.05) is 50.7 Å². The number of nitrogens with one attached hydrogen (secondary N) is 2. The Hall–Kier alpha value is -3.13. The van der Waals surface area contributed by atoms with Crippen LogP contribution >= 0.6 is 0 Å². The molecular formula is C24H34N6O2. The summed E-state index contributed by atoms with van der Waals surface area (Å²) in [6.07, 6.45) is 2.18. The van der Waals surface area contributed by atoms with Gasteiger partial charge in [0.1, 0.15) is 11.4 Å². The Labute approximate surface area is 190 Å². The molecule has 1 saturated heterocycles. The number of amides is 1. The van der Waals surface area contributed by atoms with Gasteiger partial charge in [-0.3, -0.25) is 4.79 Å². The molecule has 0 saturated carbocycles. The van der Waals surface area contributed by atoms with Crippen molar-refractivity contribution >= 4 is 17.7 Å². The van der Waals surface area contributed by atoms with Gasteiger partial charge in [0.2, 0.25) is 5.91 Å². The molecule has 0 bridgehead atoms. The number of guanidine groups is 1. The molecule has 1 fully saturated rings. The Bertz CT molecular complexity index is 865. The van der Waals surface area contributed by atoms with Crippen molar-refractivity contribution in [3.8, 4) is 0 Å². The molecule has 0 aliphatic carbocycles. The van der Waals surface area contributed by atoms with Crippen LogP contribution in [0.4, 0.5) is 5.82 Å². The first-order valence-corrected chi connectivity index (χ1v) is 11.2. The number of benzene rings is 1. The number of hydrogen-bond donors (Lipinski definition) is 3. The van der Waals surface area contributed by atoms with Crippen LogP contribution in [-0.2, 0) is 10.4 Å². The zero-order valence-corrected chi connectivity index (χ0v) is 19.0. The number of hydrogen-bond acceptors (Lipinski definition) is 5.